The summed E-state index contributed by atoms with van der Waals surface area (Å²) in [5, 5.41) is 20.2. The van der Waals surface area contributed by atoms with E-state index in [4.69, 9.17) is 0 Å². The first-order valence-corrected chi connectivity index (χ1v) is 4.71. The van der Waals surface area contributed by atoms with E-state index in [1.165, 1.54) is 5.28 Å². The summed E-state index contributed by atoms with van der Waals surface area (Å²) in [7, 11) is 0. The molecule has 0 spiro atoms. The van der Waals surface area contributed by atoms with Crippen molar-refractivity contribution in [3.63, 3.8) is 0 Å². The zero-order chi connectivity index (χ0) is 9.86. The van der Waals surface area contributed by atoms with Crippen LogP contribution in [0.1, 0.15) is 34.6 Å². The Morgan fingerprint density at radius 1 is 1.00 bits per heavy atom. The summed E-state index contributed by atoms with van der Waals surface area (Å²) in [6, 6.07) is 0. The average Bonchev–Trinajstić information content (AvgIpc) is 1.60. The Morgan fingerprint density at radius 2 is 1.00 bits per heavy atom. The Hall–Kier alpha value is 1.08. The molecule has 4 heteroatoms. The molecule has 0 aromatic rings. The molecule has 0 saturated heterocycles. The molecule has 0 unspecified atom stereocenters. The molecule has 0 atom stereocenters. The second-order valence-corrected chi connectivity index (χ2v) is 3.32. The first-order valence-electron chi connectivity index (χ1n) is 3.90. The molecular weight excluding hydrogens is 220 g/mol. The van der Waals surface area contributed by atoms with Crippen molar-refractivity contribution in [2.75, 3.05) is 0 Å². The maximum Gasteiger partial charge on any atom is 0 e. The predicted octanol–water partition coefficient (Wildman–Crippen LogP) is 0.101. The van der Waals surface area contributed by atoms with Crippen molar-refractivity contribution in [1.29, 1.82) is 0 Å². The number of rotatable bonds is 0. The standard InChI is InChI=1S/2C3H7O.C2H5.Al.Zn/c2*1-3(2)4;1-2;;/h2*3H,1-2H3;1H2,2H3;;/q2*-1;;+2;. The van der Waals surface area contributed by atoms with Gasteiger partial charge >= 0.3 is 28.5 Å². The molecule has 0 bridgehead atoms. The molecule has 0 aliphatic heterocycles. The Labute approximate surface area is 97.9 Å². The summed E-state index contributed by atoms with van der Waals surface area (Å²) < 4.78 is 0. The maximum atomic E-state index is 9.53. The van der Waals surface area contributed by atoms with Gasteiger partial charge in [-0.25, -0.2) is 0 Å². The fourth-order valence-electron chi connectivity index (χ4n) is 0. The molecular formula is C8H19AlO2Zn. The quantitative estimate of drug-likeness (QED) is 0.563. The second-order valence-electron chi connectivity index (χ2n) is 2.51. The molecule has 0 heterocycles. The third-order valence-corrected chi connectivity index (χ3v) is 0. The molecule has 0 fully saturated rings. The van der Waals surface area contributed by atoms with E-state index in [0.29, 0.717) is 0 Å². The number of hydrogen-bond acceptors (Lipinski definition) is 2. The van der Waals surface area contributed by atoms with Gasteiger partial charge in [-0.2, -0.15) is 0 Å². The zero-order valence-corrected chi connectivity index (χ0v) is 13.1. The van der Waals surface area contributed by atoms with Crippen molar-refractivity contribution in [2.45, 2.75) is 52.1 Å². The topological polar surface area (TPSA) is 46.1 Å². The minimum absolute atomic E-state index is 0. The summed E-state index contributed by atoms with van der Waals surface area (Å²) in [6.07, 6.45) is -0.833. The van der Waals surface area contributed by atoms with Gasteiger partial charge in [-0.15, -0.1) is 12.2 Å². The van der Waals surface area contributed by atoms with E-state index < -0.39 is 12.2 Å². The van der Waals surface area contributed by atoms with Gasteiger partial charge < -0.3 is 10.2 Å². The predicted molar refractivity (Wildman–Crippen MR) is 46.5 cm³/mol. The second kappa shape index (κ2) is 22.7. The summed E-state index contributed by atoms with van der Waals surface area (Å²) in [5.74, 6) is 0. The van der Waals surface area contributed by atoms with E-state index in [1.807, 2.05) is 0 Å². The smallest absolute Gasteiger partial charge is 0 e. The van der Waals surface area contributed by atoms with E-state index in [-0.39, 0.29) is 19.5 Å². The van der Waals surface area contributed by atoms with Gasteiger partial charge in [0.25, 0.3) is 0 Å². The van der Waals surface area contributed by atoms with Crippen LogP contribution in [0.2, 0.25) is 5.28 Å². The first kappa shape index (κ1) is 23.1. The third-order valence-electron chi connectivity index (χ3n) is 0. The monoisotopic (exact) mass is 238 g/mol. The van der Waals surface area contributed by atoms with E-state index in [0.717, 1.165) is 0 Å². The third kappa shape index (κ3) is 971. The van der Waals surface area contributed by atoms with Crippen LogP contribution < -0.4 is 10.2 Å². The molecule has 0 radical (unpaired) electrons. The molecule has 0 rings (SSSR count). The van der Waals surface area contributed by atoms with Gasteiger partial charge in [0.1, 0.15) is 0 Å². The van der Waals surface area contributed by atoms with Gasteiger partial charge in [-0.05, 0) is 0 Å². The van der Waals surface area contributed by atoms with Crippen molar-refractivity contribution in [2.24, 2.45) is 0 Å². The first-order chi connectivity index (χ1) is 4.88. The van der Waals surface area contributed by atoms with Crippen LogP contribution in [0.3, 0.4) is 0 Å². The van der Waals surface area contributed by atoms with Gasteiger partial charge in [0.2, 0.25) is 0 Å². The van der Waals surface area contributed by atoms with Gasteiger partial charge in [-0.1, -0.05) is 27.7 Å². The minimum Gasteiger partial charge on any atom is 0 e. The van der Waals surface area contributed by atoms with Crippen LogP contribution in [-0.2, 0) is 19.5 Å². The molecule has 0 aliphatic rings. The molecule has 12 heavy (non-hydrogen) atoms. The van der Waals surface area contributed by atoms with Crippen LogP contribution >= 0.6 is 0 Å². The van der Waals surface area contributed by atoms with Gasteiger partial charge in [-0.3, -0.25) is 0 Å². The summed E-state index contributed by atoms with van der Waals surface area (Å²) >= 11 is 2.58. The Balaban J connectivity index is -0.0000000389. The molecule has 68 valence electrons. The van der Waals surface area contributed by atoms with Crippen LogP contribution in [-0.4, -0.2) is 28.5 Å². The molecule has 2 nitrogen and oxygen atoms in total. The fourth-order valence-corrected chi connectivity index (χ4v) is 0. The van der Waals surface area contributed by atoms with E-state index >= 15 is 0 Å². The van der Waals surface area contributed by atoms with E-state index in [2.05, 4.69) is 23.2 Å². The van der Waals surface area contributed by atoms with Gasteiger partial charge in [0.15, 0.2) is 0 Å². The number of hydrogen-bond donors (Lipinski definition) is 0. The van der Waals surface area contributed by atoms with Crippen molar-refractivity contribution < 1.29 is 29.7 Å². The largest absolute Gasteiger partial charge is 0 e. The van der Waals surface area contributed by atoms with Crippen molar-refractivity contribution in [3.05, 3.63) is 0 Å². The Morgan fingerprint density at radius 3 is 1.00 bits per heavy atom. The van der Waals surface area contributed by atoms with Crippen molar-refractivity contribution in [3.8, 4) is 0 Å². The minimum atomic E-state index is -0.417. The molecule has 0 amide bonds. The summed E-state index contributed by atoms with van der Waals surface area (Å²) in [5.41, 5.74) is 0. The van der Waals surface area contributed by atoms with Crippen LogP contribution in [0, 0.1) is 0 Å². The van der Waals surface area contributed by atoms with Crippen LogP contribution in [0.25, 0.3) is 0 Å². The van der Waals surface area contributed by atoms with Crippen LogP contribution in [0.4, 0.5) is 0 Å². The van der Waals surface area contributed by atoms with Crippen LogP contribution in [0.5, 0.6) is 0 Å². The normalized spacial score (nSPS) is 7.58. The maximum absolute atomic E-state index is 9.53. The van der Waals surface area contributed by atoms with Crippen LogP contribution in [0.15, 0.2) is 0 Å². The average molecular weight is 240 g/mol. The molecule has 0 aliphatic carbocycles. The summed E-state index contributed by atoms with van der Waals surface area (Å²) in [6.45, 7) is 8.53. The fraction of sp³-hybridized carbons (Fsp3) is 1.00. The SMILES string of the molecule is CC(C)[O-].CC(C)[O-].C[CH2][Al+2].[Zn]. The molecule has 0 saturated carbocycles. The Bertz CT molecular complexity index is 40.8. The van der Waals surface area contributed by atoms with Gasteiger partial charge in [0, 0.05) is 19.5 Å². The van der Waals surface area contributed by atoms with E-state index in [9.17, 15) is 10.2 Å². The Kier molecular flexibility index (Phi) is 43.8. The molecule has 0 aromatic heterocycles. The van der Waals surface area contributed by atoms with Crippen molar-refractivity contribution in [1.82, 2.24) is 0 Å². The zero-order valence-electron chi connectivity index (χ0n) is 8.96. The van der Waals surface area contributed by atoms with Crippen molar-refractivity contribution >= 4 is 16.3 Å². The molecule has 0 aromatic carbocycles. The molecule has 0 N–H and O–H groups in total. The van der Waals surface area contributed by atoms with E-state index in [1.54, 1.807) is 27.7 Å². The van der Waals surface area contributed by atoms with Gasteiger partial charge in [0.05, 0.1) is 0 Å². The summed E-state index contributed by atoms with van der Waals surface area (Å²) in [4.78, 5) is 0.